The molecule has 0 unspecified atom stereocenters. The minimum atomic E-state index is 0.921. The molecule has 0 N–H and O–H groups in total. The van der Waals surface area contributed by atoms with Gasteiger partial charge in [-0.15, -0.1) is 0 Å². The summed E-state index contributed by atoms with van der Waals surface area (Å²) < 4.78 is 8.39. The summed E-state index contributed by atoms with van der Waals surface area (Å²) in [5, 5.41) is 1.21. The third-order valence-corrected chi connectivity index (χ3v) is 4.90. The van der Waals surface area contributed by atoms with E-state index in [1.807, 2.05) is 12.1 Å². The third kappa shape index (κ3) is 14.2. The lowest BCUT2D eigenvalue weighted by Crippen LogP contribution is -2.24. The highest BCUT2D eigenvalue weighted by atomic mass is 127. The van der Waals surface area contributed by atoms with Crippen molar-refractivity contribution in [3.8, 4) is 0 Å². The lowest BCUT2D eigenvalue weighted by atomic mass is 10.1. The molecule has 0 saturated carbocycles. The average Bonchev–Trinajstić information content (AvgIpc) is 3.16. The molecule has 174 valence electrons. The molecular formula is C25H44I2N2O. The van der Waals surface area contributed by atoms with Crippen molar-refractivity contribution in [3.05, 3.63) is 36.1 Å². The van der Waals surface area contributed by atoms with Crippen molar-refractivity contribution in [3.63, 3.8) is 0 Å². The van der Waals surface area contributed by atoms with Crippen LogP contribution in [0.15, 0.2) is 34.7 Å². The first-order valence-corrected chi connectivity index (χ1v) is 14.7. The molecule has 1 heterocycles. The quantitative estimate of drug-likeness (QED) is 0.133. The van der Waals surface area contributed by atoms with Crippen LogP contribution in [0.3, 0.4) is 0 Å². The minimum absolute atomic E-state index is 0.921. The van der Waals surface area contributed by atoms with Gasteiger partial charge in [-0.05, 0) is 66.6 Å². The molecule has 0 atom stereocenters. The van der Waals surface area contributed by atoms with Gasteiger partial charge in [0.15, 0.2) is 0 Å². The molecule has 30 heavy (non-hydrogen) atoms. The predicted molar refractivity (Wildman–Crippen MR) is 153 cm³/mol. The van der Waals surface area contributed by atoms with Crippen LogP contribution in [-0.4, -0.2) is 51.4 Å². The summed E-state index contributed by atoms with van der Waals surface area (Å²) in [4.78, 5) is 5.00. The fourth-order valence-electron chi connectivity index (χ4n) is 3.25. The first kappa shape index (κ1) is 30.1. The second-order valence-corrected chi connectivity index (χ2v) is 10.1. The van der Waals surface area contributed by atoms with Gasteiger partial charge < -0.3 is 9.32 Å². The Morgan fingerprint density at radius 2 is 1.23 bits per heavy atom. The number of hydrogen-bond acceptors (Lipinski definition) is 3. The van der Waals surface area contributed by atoms with Crippen molar-refractivity contribution in [2.24, 2.45) is 0 Å². The number of fused-ring (bicyclic) bond motifs is 1. The van der Waals surface area contributed by atoms with Gasteiger partial charge in [0.1, 0.15) is 11.3 Å². The van der Waals surface area contributed by atoms with Gasteiger partial charge in [0, 0.05) is 5.39 Å². The van der Waals surface area contributed by atoms with Crippen molar-refractivity contribution in [1.82, 2.24) is 9.80 Å². The molecule has 0 fully saturated rings. The Balaban J connectivity index is 0.00000125. The summed E-state index contributed by atoms with van der Waals surface area (Å²) in [5.41, 5.74) is 1.000. The van der Waals surface area contributed by atoms with Crippen molar-refractivity contribution in [1.29, 1.82) is 0 Å². The fourth-order valence-corrected chi connectivity index (χ4v) is 3.25. The zero-order valence-corrected chi connectivity index (χ0v) is 24.2. The monoisotopic (exact) mass is 642 g/mol. The molecule has 5 heteroatoms. The topological polar surface area (TPSA) is 19.6 Å². The molecule has 1 aromatic heterocycles. The molecule has 0 aliphatic heterocycles. The highest BCUT2D eigenvalue weighted by Crippen LogP contribution is 2.20. The molecular weight excluding hydrogens is 598 g/mol. The van der Waals surface area contributed by atoms with Crippen LogP contribution in [0.4, 0.5) is 0 Å². The second-order valence-electron chi connectivity index (χ2n) is 7.09. The number of unbranched alkanes of at least 4 members (excludes halogenated alkanes) is 3. The molecule has 0 aliphatic carbocycles. The SMILES string of the molecule is CCI.CCI.CCN(CC)CCCCCCN(CC)Cc1cc2ccccc2o1. The number of para-hydroxylation sites is 1. The van der Waals surface area contributed by atoms with E-state index in [0.29, 0.717) is 0 Å². The highest BCUT2D eigenvalue weighted by molar-refractivity contribution is 14.1. The van der Waals surface area contributed by atoms with E-state index in [4.69, 9.17) is 4.42 Å². The van der Waals surface area contributed by atoms with Crippen molar-refractivity contribution < 1.29 is 4.42 Å². The smallest absolute Gasteiger partial charge is 0.134 e. The van der Waals surface area contributed by atoms with E-state index in [1.165, 1.54) is 66.1 Å². The van der Waals surface area contributed by atoms with E-state index >= 15 is 0 Å². The molecule has 0 radical (unpaired) electrons. The van der Waals surface area contributed by atoms with E-state index in [0.717, 1.165) is 24.4 Å². The van der Waals surface area contributed by atoms with Crippen LogP contribution in [-0.2, 0) is 6.54 Å². The lowest BCUT2D eigenvalue weighted by molar-refractivity contribution is 0.250. The predicted octanol–water partition coefficient (Wildman–Crippen LogP) is 8.04. The number of halogens is 2. The zero-order chi connectivity index (χ0) is 22.6. The van der Waals surface area contributed by atoms with Gasteiger partial charge in [-0.2, -0.15) is 0 Å². The molecule has 0 amide bonds. The number of alkyl halides is 2. The van der Waals surface area contributed by atoms with E-state index < -0.39 is 0 Å². The maximum atomic E-state index is 5.95. The van der Waals surface area contributed by atoms with Crippen LogP contribution in [0.5, 0.6) is 0 Å². The van der Waals surface area contributed by atoms with Crippen LogP contribution in [0.1, 0.15) is 66.1 Å². The molecule has 2 aromatic rings. The Kier molecular flexibility index (Phi) is 21.1. The summed E-state index contributed by atoms with van der Waals surface area (Å²) >= 11 is 4.58. The number of hydrogen-bond donors (Lipinski definition) is 0. The van der Waals surface area contributed by atoms with Crippen LogP contribution in [0.25, 0.3) is 11.0 Å². The Hall–Kier alpha value is 0.140. The van der Waals surface area contributed by atoms with Gasteiger partial charge in [0.2, 0.25) is 0 Å². The molecule has 0 aliphatic rings. The molecule has 2 rings (SSSR count). The normalized spacial score (nSPS) is 10.7. The summed E-state index contributed by atoms with van der Waals surface area (Å²) in [5.74, 6) is 1.08. The highest BCUT2D eigenvalue weighted by Gasteiger charge is 2.08. The van der Waals surface area contributed by atoms with Gasteiger partial charge in [-0.3, -0.25) is 4.90 Å². The molecule has 0 bridgehead atoms. The third-order valence-electron chi connectivity index (χ3n) is 4.90. The maximum Gasteiger partial charge on any atom is 0.134 e. The van der Waals surface area contributed by atoms with E-state index in [9.17, 15) is 0 Å². The van der Waals surface area contributed by atoms with Crippen LogP contribution < -0.4 is 0 Å². The summed E-state index contributed by atoms with van der Waals surface area (Å²) in [6.45, 7) is 17.7. The number of rotatable bonds is 12. The van der Waals surface area contributed by atoms with Gasteiger partial charge in [0.05, 0.1) is 6.54 Å². The first-order valence-electron chi connectivity index (χ1n) is 11.6. The van der Waals surface area contributed by atoms with Gasteiger partial charge in [0.25, 0.3) is 0 Å². The zero-order valence-electron chi connectivity index (χ0n) is 19.9. The Morgan fingerprint density at radius 1 is 0.733 bits per heavy atom. The lowest BCUT2D eigenvalue weighted by Gasteiger charge is -2.19. The van der Waals surface area contributed by atoms with Crippen LogP contribution >= 0.6 is 45.2 Å². The fraction of sp³-hybridized carbons (Fsp3) is 0.680. The van der Waals surface area contributed by atoms with Gasteiger partial charge in [-0.25, -0.2) is 0 Å². The van der Waals surface area contributed by atoms with E-state index in [-0.39, 0.29) is 0 Å². The molecule has 1 aromatic carbocycles. The first-order chi connectivity index (χ1) is 14.6. The molecule has 0 saturated heterocycles. The summed E-state index contributed by atoms with van der Waals surface area (Å²) in [6, 6.07) is 10.4. The largest absolute Gasteiger partial charge is 0.460 e. The van der Waals surface area contributed by atoms with Crippen molar-refractivity contribution in [2.45, 2.75) is 66.8 Å². The Morgan fingerprint density at radius 3 is 1.73 bits per heavy atom. The maximum absolute atomic E-state index is 5.95. The molecule has 3 nitrogen and oxygen atoms in total. The summed E-state index contributed by atoms with van der Waals surface area (Å²) in [7, 11) is 0. The second kappa shape index (κ2) is 21.0. The summed E-state index contributed by atoms with van der Waals surface area (Å²) in [6.07, 6.45) is 5.29. The van der Waals surface area contributed by atoms with Crippen molar-refractivity contribution in [2.75, 3.05) is 41.6 Å². The van der Waals surface area contributed by atoms with E-state index in [2.05, 4.69) is 108 Å². The van der Waals surface area contributed by atoms with E-state index in [1.54, 1.807) is 0 Å². The Labute approximate surface area is 213 Å². The number of furan rings is 1. The average molecular weight is 642 g/mol. The van der Waals surface area contributed by atoms with Gasteiger partial charge >= 0.3 is 0 Å². The Bertz CT molecular complexity index is 579. The van der Waals surface area contributed by atoms with Crippen molar-refractivity contribution >= 4 is 56.2 Å². The number of nitrogens with zero attached hydrogens (tertiary/aromatic N) is 2. The standard InChI is InChI=1S/C21H34N2O.2C2H5I/c1-4-22(5-2)15-11-7-8-12-16-23(6-3)18-20-17-19-13-9-10-14-21(19)24-20;2*1-2-3/h9-10,13-14,17H,4-8,11-12,15-16,18H2,1-3H3;2*2H2,1H3. The van der Waals surface area contributed by atoms with Gasteiger partial charge in [-0.1, -0.05) is 111 Å². The number of benzene rings is 1. The minimum Gasteiger partial charge on any atom is -0.460 e. The van der Waals surface area contributed by atoms with Crippen LogP contribution in [0.2, 0.25) is 0 Å². The molecule has 0 spiro atoms. The van der Waals surface area contributed by atoms with Crippen LogP contribution in [0, 0.1) is 0 Å².